The number of carbonyl (C=O) groups excluding carboxylic acids is 2. The van der Waals surface area contributed by atoms with Crippen molar-refractivity contribution in [1.82, 2.24) is 5.32 Å². The summed E-state index contributed by atoms with van der Waals surface area (Å²) in [6.07, 6.45) is 0. The highest BCUT2D eigenvalue weighted by Gasteiger charge is 2.20. The number of sulfonamides is 1. The molecule has 4 rings (SSSR count). The van der Waals surface area contributed by atoms with E-state index in [0.29, 0.717) is 20.6 Å². The van der Waals surface area contributed by atoms with Gasteiger partial charge in [-0.25, -0.2) is 8.42 Å². The van der Waals surface area contributed by atoms with Gasteiger partial charge in [-0.15, -0.1) is 11.3 Å². The molecule has 180 valence electrons. The molecular formula is C23H16Cl3N3O4S2. The number of rotatable bonds is 7. The lowest BCUT2D eigenvalue weighted by atomic mass is 10.2. The van der Waals surface area contributed by atoms with Gasteiger partial charge < -0.3 is 10.6 Å². The molecule has 0 aliphatic carbocycles. The molecule has 0 unspecified atom stereocenters. The van der Waals surface area contributed by atoms with E-state index in [9.17, 15) is 18.0 Å². The summed E-state index contributed by atoms with van der Waals surface area (Å²) in [6.45, 7) is -0.350. The van der Waals surface area contributed by atoms with Crippen molar-refractivity contribution >= 4 is 89.4 Å². The topological polar surface area (TPSA) is 104 Å². The van der Waals surface area contributed by atoms with Crippen molar-refractivity contribution in [3.8, 4) is 0 Å². The molecule has 0 saturated heterocycles. The number of benzene rings is 3. The monoisotopic (exact) mass is 567 g/mol. The predicted molar refractivity (Wildman–Crippen MR) is 142 cm³/mol. The first-order valence-corrected chi connectivity index (χ1v) is 13.4. The van der Waals surface area contributed by atoms with E-state index < -0.39 is 21.8 Å². The Morgan fingerprint density at radius 1 is 0.886 bits per heavy atom. The normalized spacial score (nSPS) is 11.3. The van der Waals surface area contributed by atoms with E-state index in [0.717, 1.165) is 10.1 Å². The number of hydrogen-bond donors (Lipinski definition) is 3. The first-order chi connectivity index (χ1) is 16.6. The van der Waals surface area contributed by atoms with Crippen LogP contribution in [0.3, 0.4) is 0 Å². The van der Waals surface area contributed by atoms with Crippen molar-refractivity contribution in [2.24, 2.45) is 0 Å². The number of thiophene rings is 1. The minimum atomic E-state index is -4.05. The lowest BCUT2D eigenvalue weighted by Gasteiger charge is -2.12. The largest absolute Gasteiger partial charge is 0.342 e. The zero-order valence-corrected chi connectivity index (χ0v) is 21.5. The second-order valence-electron chi connectivity index (χ2n) is 7.23. The Bertz CT molecular complexity index is 1540. The lowest BCUT2D eigenvalue weighted by molar-refractivity contribution is -0.115. The molecule has 1 heterocycles. The third-order valence-corrected chi connectivity index (χ3v) is 8.54. The molecule has 0 saturated carbocycles. The number of anilines is 2. The number of nitrogens with one attached hydrogen (secondary N) is 3. The van der Waals surface area contributed by atoms with Gasteiger partial charge in [0.1, 0.15) is 9.77 Å². The molecular weight excluding hydrogens is 553 g/mol. The Labute approximate surface area is 220 Å². The van der Waals surface area contributed by atoms with Crippen LogP contribution in [0.15, 0.2) is 71.6 Å². The van der Waals surface area contributed by atoms with Gasteiger partial charge in [0.2, 0.25) is 5.91 Å². The fourth-order valence-corrected chi connectivity index (χ4v) is 6.27. The zero-order valence-electron chi connectivity index (χ0n) is 17.6. The van der Waals surface area contributed by atoms with E-state index in [4.69, 9.17) is 34.8 Å². The van der Waals surface area contributed by atoms with Crippen molar-refractivity contribution in [2.75, 3.05) is 16.6 Å². The van der Waals surface area contributed by atoms with Crippen LogP contribution in [0.1, 0.15) is 9.67 Å². The SMILES string of the molecule is O=C(CNC(=O)c1sc2ccccc2c1Cl)Nc1ccc(Cl)c(S(=O)(=O)Nc2ccc(Cl)cc2)c1. The molecule has 35 heavy (non-hydrogen) atoms. The first kappa shape index (κ1) is 25.3. The van der Waals surface area contributed by atoms with Crippen LogP contribution < -0.4 is 15.4 Å². The van der Waals surface area contributed by atoms with Crippen LogP contribution in [0.25, 0.3) is 10.1 Å². The molecule has 3 N–H and O–H groups in total. The maximum absolute atomic E-state index is 12.8. The van der Waals surface area contributed by atoms with E-state index in [1.54, 1.807) is 0 Å². The number of hydrogen-bond acceptors (Lipinski definition) is 5. The molecule has 2 amide bonds. The van der Waals surface area contributed by atoms with Crippen molar-refractivity contribution in [1.29, 1.82) is 0 Å². The Hall–Kier alpha value is -2.82. The molecule has 7 nitrogen and oxygen atoms in total. The summed E-state index contributed by atoms with van der Waals surface area (Å²) in [7, 11) is -4.05. The molecule has 0 spiro atoms. The number of carbonyl (C=O) groups is 2. The van der Waals surface area contributed by atoms with Crippen molar-refractivity contribution in [3.63, 3.8) is 0 Å². The third kappa shape index (κ3) is 5.88. The van der Waals surface area contributed by atoms with Crippen LogP contribution in [-0.2, 0) is 14.8 Å². The Kier molecular flexibility index (Phi) is 7.53. The van der Waals surface area contributed by atoms with E-state index in [2.05, 4.69) is 15.4 Å². The van der Waals surface area contributed by atoms with Crippen molar-refractivity contribution in [2.45, 2.75) is 4.90 Å². The average Bonchev–Trinajstić information content (AvgIpc) is 3.17. The summed E-state index contributed by atoms with van der Waals surface area (Å²) >= 11 is 19.5. The van der Waals surface area contributed by atoms with Crippen LogP contribution in [0, 0.1) is 0 Å². The Morgan fingerprint density at radius 2 is 1.57 bits per heavy atom. The quantitative estimate of drug-likeness (QED) is 0.253. The molecule has 1 aromatic heterocycles. The molecule has 0 fully saturated rings. The molecule has 0 bridgehead atoms. The summed E-state index contributed by atoms with van der Waals surface area (Å²) in [5.41, 5.74) is 0.479. The van der Waals surface area contributed by atoms with Crippen LogP contribution in [-0.4, -0.2) is 26.8 Å². The van der Waals surface area contributed by atoms with Crippen molar-refractivity contribution < 1.29 is 18.0 Å². The number of amides is 2. The van der Waals surface area contributed by atoms with E-state index in [1.807, 2.05) is 24.3 Å². The van der Waals surface area contributed by atoms with Crippen molar-refractivity contribution in [3.05, 3.63) is 86.7 Å². The zero-order chi connectivity index (χ0) is 25.2. The summed E-state index contributed by atoms with van der Waals surface area (Å²) < 4.78 is 28.9. The van der Waals surface area contributed by atoms with Gasteiger partial charge in [0, 0.05) is 26.5 Å². The molecule has 0 atom stereocenters. The van der Waals surface area contributed by atoms with E-state index in [1.165, 1.54) is 53.8 Å². The molecule has 3 aromatic carbocycles. The van der Waals surface area contributed by atoms with Crippen LogP contribution >= 0.6 is 46.1 Å². The Morgan fingerprint density at radius 3 is 2.29 bits per heavy atom. The van der Waals surface area contributed by atoms with Gasteiger partial charge in [0.15, 0.2) is 0 Å². The van der Waals surface area contributed by atoms with Gasteiger partial charge in [0.25, 0.3) is 15.9 Å². The van der Waals surface area contributed by atoms with Crippen LogP contribution in [0.5, 0.6) is 0 Å². The van der Waals surface area contributed by atoms with Gasteiger partial charge in [-0.3, -0.25) is 14.3 Å². The number of halogens is 3. The van der Waals surface area contributed by atoms with Crippen LogP contribution in [0.4, 0.5) is 11.4 Å². The Balaban J connectivity index is 1.43. The standard InChI is InChI=1S/C23H16Cl3N3O4S2/c24-13-5-7-14(8-6-13)29-35(32,33)19-11-15(9-10-17(19)25)28-20(30)12-27-23(31)22-21(26)16-3-1-2-4-18(16)34-22/h1-11,29H,12H2,(H,27,31)(H,28,30). The van der Waals surface area contributed by atoms with Crippen LogP contribution in [0.2, 0.25) is 15.1 Å². The highest BCUT2D eigenvalue weighted by Crippen LogP contribution is 2.35. The highest BCUT2D eigenvalue weighted by atomic mass is 35.5. The number of fused-ring (bicyclic) bond motifs is 1. The molecule has 0 aliphatic heterocycles. The lowest BCUT2D eigenvalue weighted by Crippen LogP contribution is -2.32. The minimum absolute atomic E-state index is 0.0304. The second-order valence-corrected chi connectivity index (χ2v) is 11.2. The first-order valence-electron chi connectivity index (χ1n) is 9.97. The second kappa shape index (κ2) is 10.4. The highest BCUT2D eigenvalue weighted by molar-refractivity contribution is 7.92. The predicted octanol–water partition coefficient (Wildman–Crippen LogP) is 6.03. The van der Waals surface area contributed by atoms with Gasteiger partial charge in [-0.05, 0) is 48.5 Å². The summed E-state index contributed by atoms with van der Waals surface area (Å²) in [6, 6.07) is 17.4. The maximum atomic E-state index is 12.8. The van der Waals surface area contributed by atoms with Gasteiger partial charge in [-0.1, -0.05) is 53.0 Å². The average molecular weight is 569 g/mol. The van der Waals surface area contributed by atoms with Gasteiger partial charge in [-0.2, -0.15) is 0 Å². The smallest absolute Gasteiger partial charge is 0.263 e. The van der Waals surface area contributed by atoms with E-state index in [-0.39, 0.29) is 22.2 Å². The molecule has 12 heteroatoms. The fourth-order valence-electron chi connectivity index (χ4n) is 3.12. The molecule has 4 aromatic rings. The fraction of sp³-hybridized carbons (Fsp3) is 0.0435. The minimum Gasteiger partial charge on any atom is -0.342 e. The maximum Gasteiger partial charge on any atom is 0.263 e. The van der Waals surface area contributed by atoms with Gasteiger partial charge in [0.05, 0.1) is 16.6 Å². The summed E-state index contributed by atoms with van der Waals surface area (Å²) in [5, 5.41) is 6.58. The summed E-state index contributed by atoms with van der Waals surface area (Å²) in [5.74, 6) is -1.05. The van der Waals surface area contributed by atoms with Gasteiger partial charge >= 0.3 is 0 Å². The third-order valence-electron chi connectivity index (χ3n) is 4.75. The van der Waals surface area contributed by atoms with E-state index >= 15 is 0 Å². The molecule has 0 aliphatic rings. The summed E-state index contributed by atoms with van der Waals surface area (Å²) in [4.78, 5) is 25.0. The molecule has 0 radical (unpaired) electrons.